The summed E-state index contributed by atoms with van der Waals surface area (Å²) in [6, 6.07) is 2.07. The summed E-state index contributed by atoms with van der Waals surface area (Å²) < 4.78 is 5.75. The van der Waals surface area contributed by atoms with E-state index in [0.29, 0.717) is 17.7 Å². The van der Waals surface area contributed by atoms with Crippen LogP contribution in [0.1, 0.15) is 33.1 Å². The first kappa shape index (κ1) is 11.2. The highest BCUT2D eigenvalue weighted by Gasteiger charge is 2.26. The number of nitrogen functional groups attached to an aromatic ring is 1. The maximum Gasteiger partial charge on any atom is 0.318 e. The van der Waals surface area contributed by atoms with E-state index in [1.54, 1.807) is 12.3 Å². The van der Waals surface area contributed by atoms with Crippen LogP contribution in [0.5, 0.6) is 6.01 Å². The van der Waals surface area contributed by atoms with E-state index in [1.165, 1.54) is 6.42 Å². The summed E-state index contributed by atoms with van der Waals surface area (Å²) in [6.07, 6.45) is 5.26. The maximum atomic E-state index is 5.75. The molecule has 0 aliphatic heterocycles. The summed E-state index contributed by atoms with van der Waals surface area (Å²) in [7, 11) is 0. The largest absolute Gasteiger partial charge is 0.460 e. The molecule has 1 saturated carbocycles. The zero-order chi connectivity index (χ0) is 11.5. The van der Waals surface area contributed by atoms with E-state index < -0.39 is 0 Å². The minimum absolute atomic E-state index is 0.244. The Bertz CT molecular complexity index is 356. The third-order valence-corrected chi connectivity index (χ3v) is 3.48. The first-order valence-corrected chi connectivity index (χ1v) is 5.90. The molecule has 1 heterocycles. The Morgan fingerprint density at radius 1 is 1.31 bits per heavy atom. The minimum atomic E-state index is 0.244. The van der Waals surface area contributed by atoms with E-state index in [4.69, 9.17) is 10.5 Å². The number of hydrogen-bond donors (Lipinski definition) is 1. The van der Waals surface area contributed by atoms with E-state index in [9.17, 15) is 0 Å². The van der Waals surface area contributed by atoms with Crippen LogP contribution in [-0.2, 0) is 0 Å². The van der Waals surface area contributed by atoms with Crippen LogP contribution in [-0.4, -0.2) is 16.1 Å². The fraction of sp³-hybridized carbons (Fsp3) is 0.667. The number of ether oxygens (including phenoxy) is 1. The van der Waals surface area contributed by atoms with Crippen molar-refractivity contribution in [1.29, 1.82) is 0 Å². The number of hydrogen-bond acceptors (Lipinski definition) is 4. The predicted octanol–water partition coefficient (Wildman–Crippen LogP) is 2.26. The van der Waals surface area contributed by atoms with Gasteiger partial charge in [0, 0.05) is 6.20 Å². The smallest absolute Gasteiger partial charge is 0.318 e. The maximum absolute atomic E-state index is 5.75. The zero-order valence-corrected chi connectivity index (χ0v) is 9.89. The average molecular weight is 221 g/mol. The quantitative estimate of drug-likeness (QED) is 0.832. The lowest BCUT2D eigenvalue weighted by atomic mass is 9.80. The summed E-state index contributed by atoms with van der Waals surface area (Å²) in [6.45, 7) is 4.58. The van der Waals surface area contributed by atoms with E-state index in [1.807, 2.05) is 0 Å². The fourth-order valence-electron chi connectivity index (χ4n) is 2.16. The Morgan fingerprint density at radius 2 is 2.12 bits per heavy atom. The van der Waals surface area contributed by atoms with Crippen molar-refractivity contribution < 1.29 is 4.74 Å². The molecular formula is C12H19N3O. The molecule has 0 radical (unpaired) electrons. The molecule has 2 rings (SSSR count). The van der Waals surface area contributed by atoms with Gasteiger partial charge in [0.15, 0.2) is 0 Å². The van der Waals surface area contributed by atoms with E-state index >= 15 is 0 Å². The molecule has 1 aromatic heterocycles. The number of rotatable bonds is 2. The van der Waals surface area contributed by atoms with Crippen molar-refractivity contribution >= 4 is 5.82 Å². The Balaban J connectivity index is 1.95. The number of aromatic nitrogens is 2. The van der Waals surface area contributed by atoms with Crippen molar-refractivity contribution in [2.24, 2.45) is 11.8 Å². The van der Waals surface area contributed by atoms with Gasteiger partial charge in [-0.05, 0) is 37.2 Å². The Labute approximate surface area is 96.2 Å². The second kappa shape index (κ2) is 4.68. The number of nitrogens with zero attached hydrogens (tertiary/aromatic N) is 2. The van der Waals surface area contributed by atoms with Gasteiger partial charge in [-0.2, -0.15) is 4.98 Å². The monoisotopic (exact) mass is 221 g/mol. The van der Waals surface area contributed by atoms with Gasteiger partial charge in [-0.25, -0.2) is 4.98 Å². The number of anilines is 1. The summed E-state index contributed by atoms with van der Waals surface area (Å²) in [5.74, 6) is 1.96. The van der Waals surface area contributed by atoms with Crippen molar-refractivity contribution in [1.82, 2.24) is 9.97 Å². The van der Waals surface area contributed by atoms with E-state index in [-0.39, 0.29) is 6.10 Å². The standard InChI is InChI=1S/C12H19N3O/c1-8-3-4-10(7-9(8)2)16-12-14-6-5-11(13)15-12/h5-6,8-10H,3-4,7H2,1-2H3,(H2,13,14,15). The van der Waals surface area contributed by atoms with Crippen molar-refractivity contribution in [3.05, 3.63) is 12.3 Å². The van der Waals surface area contributed by atoms with Crippen LogP contribution in [0.15, 0.2) is 12.3 Å². The van der Waals surface area contributed by atoms with Crippen LogP contribution >= 0.6 is 0 Å². The molecule has 0 amide bonds. The molecule has 4 heteroatoms. The topological polar surface area (TPSA) is 61.0 Å². The first-order valence-electron chi connectivity index (χ1n) is 5.90. The molecule has 4 nitrogen and oxygen atoms in total. The summed E-state index contributed by atoms with van der Waals surface area (Å²) in [5.41, 5.74) is 5.58. The van der Waals surface area contributed by atoms with Crippen LogP contribution in [0.3, 0.4) is 0 Å². The zero-order valence-electron chi connectivity index (χ0n) is 9.89. The van der Waals surface area contributed by atoms with Gasteiger partial charge in [0.1, 0.15) is 11.9 Å². The van der Waals surface area contributed by atoms with Gasteiger partial charge in [0.2, 0.25) is 0 Å². The predicted molar refractivity (Wildman–Crippen MR) is 63.0 cm³/mol. The SMILES string of the molecule is CC1CCC(Oc2nccc(N)n2)CC1C. The normalized spacial score (nSPS) is 30.0. The highest BCUT2D eigenvalue weighted by molar-refractivity contribution is 5.26. The minimum Gasteiger partial charge on any atom is -0.460 e. The number of nitrogens with two attached hydrogens (primary N) is 1. The molecule has 0 spiro atoms. The Morgan fingerprint density at radius 3 is 2.81 bits per heavy atom. The molecule has 88 valence electrons. The van der Waals surface area contributed by atoms with Crippen molar-refractivity contribution in [2.75, 3.05) is 5.73 Å². The second-order valence-electron chi connectivity index (χ2n) is 4.77. The molecule has 3 unspecified atom stereocenters. The Hall–Kier alpha value is -1.32. The first-order chi connectivity index (χ1) is 7.65. The summed E-state index contributed by atoms with van der Waals surface area (Å²) in [5, 5.41) is 0. The Kier molecular flexibility index (Phi) is 3.27. The van der Waals surface area contributed by atoms with Crippen LogP contribution in [0, 0.1) is 11.8 Å². The third kappa shape index (κ3) is 2.62. The van der Waals surface area contributed by atoms with Gasteiger partial charge < -0.3 is 10.5 Å². The molecular weight excluding hydrogens is 202 g/mol. The van der Waals surface area contributed by atoms with Gasteiger partial charge >= 0.3 is 6.01 Å². The lowest BCUT2D eigenvalue weighted by Gasteiger charge is -2.31. The summed E-state index contributed by atoms with van der Waals surface area (Å²) in [4.78, 5) is 8.12. The molecule has 16 heavy (non-hydrogen) atoms. The van der Waals surface area contributed by atoms with Gasteiger partial charge in [-0.15, -0.1) is 0 Å². The van der Waals surface area contributed by atoms with Crippen LogP contribution < -0.4 is 10.5 Å². The fourth-order valence-corrected chi connectivity index (χ4v) is 2.16. The van der Waals surface area contributed by atoms with Crippen LogP contribution in [0.4, 0.5) is 5.82 Å². The lowest BCUT2D eigenvalue weighted by Crippen LogP contribution is -2.29. The van der Waals surface area contributed by atoms with Gasteiger partial charge in [-0.1, -0.05) is 13.8 Å². The van der Waals surface area contributed by atoms with Crippen molar-refractivity contribution in [2.45, 2.75) is 39.2 Å². The molecule has 1 fully saturated rings. The van der Waals surface area contributed by atoms with Gasteiger partial charge in [-0.3, -0.25) is 0 Å². The highest BCUT2D eigenvalue weighted by atomic mass is 16.5. The van der Waals surface area contributed by atoms with Crippen molar-refractivity contribution in [3.63, 3.8) is 0 Å². The molecule has 0 aromatic carbocycles. The second-order valence-corrected chi connectivity index (χ2v) is 4.77. The molecule has 1 aliphatic carbocycles. The average Bonchev–Trinajstić information content (AvgIpc) is 2.24. The van der Waals surface area contributed by atoms with E-state index in [0.717, 1.165) is 18.8 Å². The van der Waals surface area contributed by atoms with E-state index in [2.05, 4.69) is 23.8 Å². The van der Waals surface area contributed by atoms with Crippen molar-refractivity contribution in [3.8, 4) is 6.01 Å². The summed E-state index contributed by atoms with van der Waals surface area (Å²) >= 11 is 0. The molecule has 1 aliphatic rings. The van der Waals surface area contributed by atoms with Crippen LogP contribution in [0.25, 0.3) is 0 Å². The van der Waals surface area contributed by atoms with Gasteiger partial charge in [0.25, 0.3) is 0 Å². The molecule has 1 aromatic rings. The third-order valence-electron chi connectivity index (χ3n) is 3.48. The van der Waals surface area contributed by atoms with Crippen LogP contribution in [0.2, 0.25) is 0 Å². The molecule has 2 N–H and O–H groups in total. The highest BCUT2D eigenvalue weighted by Crippen LogP contribution is 2.31. The molecule has 3 atom stereocenters. The van der Waals surface area contributed by atoms with Gasteiger partial charge in [0.05, 0.1) is 0 Å². The molecule has 0 saturated heterocycles. The lowest BCUT2D eigenvalue weighted by molar-refractivity contribution is 0.0921. The molecule has 0 bridgehead atoms.